The van der Waals surface area contributed by atoms with Gasteiger partial charge in [-0.1, -0.05) is 20.3 Å². The van der Waals surface area contributed by atoms with Crippen molar-refractivity contribution in [3.05, 3.63) is 11.1 Å². The van der Waals surface area contributed by atoms with Crippen molar-refractivity contribution in [2.24, 2.45) is 5.92 Å². The molecule has 1 aromatic rings. The number of nitrogens with one attached hydrogen (secondary N) is 1. The van der Waals surface area contributed by atoms with E-state index in [1.165, 1.54) is 4.88 Å². The van der Waals surface area contributed by atoms with E-state index in [-0.39, 0.29) is 24.0 Å². The zero-order valence-corrected chi connectivity index (χ0v) is 11.9. The summed E-state index contributed by atoms with van der Waals surface area (Å²) < 4.78 is 5.63. The van der Waals surface area contributed by atoms with Crippen LogP contribution in [-0.4, -0.2) is 23.1 Å². The van der Waals surface area contributed by atoms with Crippen molar-refractivity contribution in [2.45, 2.75) is 52.2 Å². The van der Waals surface area contributed by atoms with Crippen LogP contribution in [-0.2, 0) is 16.0 Å². The fourth-order valence-corrected chi connectivity index (χ4v) is 3.23. The van der Waals surface area contributed by atoms with E-state index in [9.17, 15) is 4.79 Å². The molecule has 2 heterocycles. The smallest absolute Gasteiger partial charge is 0.255 e. The average Bonchev–Trinajstić information content (AvgIpc) is 2.86. The molecule has 1 fully saturated rings. The Labute approximate surface area is 112 Å². The molecule has 3 atom stereocenters. The standard InChI is InChI=1S/C13H20N2O2S/c1-4-5-10-7-14-13(18-10)15-12(16)11-8(2)6-9(3)17-11/h7-9,11H,4-6H2,1-3H3,(H,14,15,16)/t8-,9+,11-/m1/s1. The first-order valence-corrected chi connectivity index (χ1v) is 7.32. The van der Waals surface area contributed by atoms with Crippen LogP contribution >= 0.6 is 11.3 Å². The summed E-state index contributed by atoms with van der Waals surface area (Å²) in [7, 11) is 0. The van der Waals surface area contributed by atoms with Crippen LogP contribution < -0.4 is 5.32 Å². The van der Waals surface area contributed by atoms with Crippen molar-refractivity contribution in [1.29, 1.82) is 0 Å². The van der Waals surface area contributed by atoms with E-state index < -0.39 is 0 Å². The van der Waals surface area contributed by atoms with Crippen LogP contribution in [0.5, 0.6) is 0 Å². The highest BCUT2D eigenvalue weighted by Gasteiger charge is 2.35. The SMILES string of the molecule is CCCc1cnc(NC(=O)[C@@H]2O[C@@H](C)C[C@H]2C)s1. The number of carbonyl (C=O) groups excluding carboxylic acids is 1. The molecule has 0 saturated carbocycles. The van der Waals surface area contributed by atoms with Gasteiger partial charge < -0.3 is 4.74 Å². The second-order valence-corrected chi connectivity index (χ2v) is 6.07. The number of carbonyl (C=O) groups is 1. The summed E-state index contributed by atoms with van der Waals surface area (Å²) in [5, 5.41) is 3.54. The number of rotatable bonds is 4. The number of amides is 1. The number of hydrogen-bond acceptors (Lipinski definition) is 4. The van der Waals surface area contributed by atoms with Crippen molar-refractivity contribution in [1.82, 2.24) is 4.98 Å². The molecule has 1 aliphatic heterocycles. The Balaban J connectivity index is 1.94. The lowest BCUT2D eigenvalue weighted by atomic mass is 10.0. The van der Waals surface area contributed by atoms with E-state index in [1.54, 1.807) is 11.3 Å². The Morgan fingerprint density at radius 2 is 2.39 bits per heavy atom. The third-order valence-electron chi connectivity index (χ3n) is 3.14. The van der Waals surface area contributed by atoms with E-state index in [2.05, 4.69) is 24.1 Å². The molecule has 0 spiro atoms. The molecule has 0 aromatic carbocycles. The maximum Gasteiger partial charge on any atom is 0.255 e. The van der Waals surface area contributed by atoms with Crippen LogP contribution in [0.1, 0.15) is 38.5 Å². The number of hydrogen-bond donors (Lipinski definition) is 1. The van der Waals surface area contributed by atoms with Gasteiger partial charge in [-0.25, -0.2) is 4.98 Å². The second-order valence-electron chi connectivity index (χ2n) is 4.95. The monoisotopic (exact) mass is 268 g/mol. The highest BCUT2D eigenvalue weighted by atomic mass is 32.1. The van der Waals surface area contributed by atoms with Gasteiger partial charge in [0.15, 0.2) is 5.13 Å². The van der Waals surface area contributed by atoms with Crippen LogP contribution in [0.3, 0.4) is 0 Å². The third-order valence-corrected chi connectivity index (χ3v) is 4.11. The van der Waals surface area contributed by atoms with Gasteiger partial charge in [-0.15, -0.1) is 11.3 Å². The minimum atomic E-state index is -0.335. The molecule has 0 bridgehead atoms. The lowest BCUT2D eigenvalue weighted by Gasteiger charge is -2.13. The average molecular weight is 268 g/mol. The summed E-state index contributed by atoms with van der Waals surface area (Å²) in [5.74, 6) is 0.208. The summed E-state index contributed by atoms with van der Waals surface area (Å²) in [6.45, 7) is 6.19. The molecule has 18 heavy (non-hydrogen) atoms. The molecular formula is C13H20N2O2S. The molecule has 5 heteroatoms. The fraction of sp³-hybridized carbons (Fsp3) is 0.692. The quantitative estimate of drug-likeness (QED) is 0.913. The highest BCUT2D eigenvalue weighted by Crippen LogP contribution is 2.27. The molecule has 2 rings (SSSR count). The number of thiazole rings is 1. The molecular weight excluding hydrogens is 248 g/mol. The van der Waals surface area contributed by atoms with Crippen molar-refractivity contribution in [3.63, 3.8) is 0 Å². The molecule has 1 aromatic heterocycles. The first-order valence-electron chi connectivity index (χ1n) is 6.51. The number of aryl methyl sites for hydroxylation is 1. The predicted octanol–water partition coefficient (Wildman–Crippen LogP) is 2.85. The molecule has 1 saturated heterocycles. The topological polar surface area (TPSA) is 51.2 Å². The summed E-state index contributed by atoms with van der Waals surface area (Å²) in [6.07, 6.45) is 4.72. The van der Waals surface area contributed by atoms with Crippen LogP contribution in [0.4, 0.5) is 5.13 Å². The maximum absolute atomic E-state index is 12.1. The van der Waals surface area contributed by atoms with Crippen LogP contribution in [0.2, 0.25) is 0 Å². The Kier molecular flexibility index (Phi) is 4.35. The van der Waals surface area contributed by atoms with E-state index in [0.717, 1.165) is 19.3 Å². The Hall–Kier alpha value is -0.940. The van der Waals surface area contributed by atoms with Crippen LogP contribution in [0, 0.1) is 5.92 Å². The van der Waals surface area contributed by atoms with Crippen molar-refractivity contribution >= 4 is 22.4 Å². The Bertz CT molecular complexity index is 419. The van der Waals surface area contributed by atoms with Crippen molar-refractivity contribution in [2.75, 3.05) is 5.32 Å². The van der Waals surface area contributed by atoms with E-state index in [1.807, 2.05) is 13.1 Å². The zero-order chi connectivity index (χ0) is 13.1. The normalized spacial score (nSPS) is 27.4. The van der Waals surface area contributed by atoms with E-state index >= 15 is 0 Å². The van der Waals surface area contributed by atoms with Crippen LogP contribution in [0.15, 0.2) is 6.20 Å². The number of anilines is 1. The molecule has 1 aliphatic rings. The molecule has 100 valence electrons. The number of ether oxygens (including phenoxy) is 1. The first kappa shape index (κ1) is 13.5. The van der Waals surface area contributed by atoms with E-state index in [0.29, 0.717) is 5.13 Å². The molecule has 0 unspecified atom stereocenters. The van der Waals surface area contributed by atoms with Crippen molar-refractivity contribution < 1.29 is 9.53 Å². The van der Waals surface area contributed by atoms with Gasteiger partial charge in [-0.05, 0) is 25.7 Å². The molecule has 1 amide bonds. The summed E-state index contributed by atoms with van der Waals surface area (Å²) in [4.78, 5) is 17.5. The lowest BCUT2D eigenvalue weighted by Crippen LogP contribution is -2.31. The van der Waals surface area contributed by atoms with Gasteiger partial charge in [0.1, 0.15) is 6.10 Å². The summed E-state index contributed by atoms with van der Waals surface area (Å²) in [6, 6.07) is 0. The fourth-order valence-electron chi connectivity index (χ4n) is 2.31. The van der Waals surface area contributed by atoms with Gasteiger partial charge in [0.25, 0.3) is 5.91 Å². The first-order chi connectivity index (χ1) is 8.60. The molecule has 4 nitrogen and oxygen atoms in total. The number of nitrogens with zero attached hydrogens (tertiary/aromatic N) is 1. The van der Waals surface area contributed by atoms with Crippen molar-refractivity contribution in [3.8, 4) is 0 Å². The van der Waals surface area contributed by atoms with E-state index in [4.69, 9.17) is 4.74 Å². The third kappa shape index (κ3) is 3.09. The minimum Gasteiger partial charge on any atom is -0.365 e. The Morgan fingerprint density at radius 1 is 1.61 bits per heavy atom. The predicted molar refractivity (Wildman–Crippen MR) is 72.9 cm³/mol. The number of aromatic nitrogens is 1. The highest BCUT2D eigenvalue weighted by molar-refractivity contribution is 7.15. The summed E-state index contributed by atoms with van der Waals surface area (Å²) >= 11 is 1.55. The van der Waals surface area contributed by atoms with Crippen LogP contribution in [0.25, 0.3) is 0 Å². The molecule has 1 N–H and O–H groups in total. The van der Waals surface area contributed by atoms with Gasteiger partial charge in [-0.2, -0.15) is 0 Å². The lowest BCUT2D eigenvalue weighted by molar-refractivity contribution is -0.127. The van der Waals surface area contributed by atoms with Gasteiger partial charge in [0.2, 0.25) is 0 Å². The van der Waals surface area contributed by atoms with Gasteiger partial charge in [0, 0.05) is 11.1 Å². The molecule has 0 radical (unpaired) electrons. The maximum atomic E-state index is 12.1. The zero-order valence-electron chi connectivity index (χ0n) is 11.1. The summed E-state index contributed by atoms with van der Waals surface area (Å²) in [5.41, 5.74) is 0. The largest absolute Gasteiger partial charge is 0.365 e. The molecule has 0 aliphatic carbocycles. The van der Waals surface area contributed by atoms with Gasteiger partial charge >= 0.3 is 0 Å². The minimum absolute atomic E-state index is 0.0655. The van der Waals surface area contributed by atoms with Gasteiger partial charge in [-0.3, -0.25) is 10.1 Å². The Morgan fingerprint density at radius 3 is 3.00 bits per heavy atom. The van der Waals surface area contributed by atoms with Gasteiger partial charge in [0.05, 0.1) is 6.10 Å². The second kappa shape index (κ2) is 5.80.